The molecule has 2 rings (SSSR count). The Morgan fingerprint density at radius 2 is 1.82 bits per heavy atom. The fourth-order valence-corrected chi connectivity index (χ4v) is 2.54. The minimum absolute atomic E-state index is 0.0939. The molecule has 0 saturated carbocycles. The molecule has 6 heteroatoms. The van der Waals surface area contributed by atoms with Gasteiger partial charge in [-0.2, -0.15) is 0 Å². The van der Waals surface area contributed by atoms with Crippen molar-refractivity contribution in [2.24, 2.45) is 0 Å². The van der Waals surface area contributed by atoms with Crippen molar-refractivity contribution < 1.29 is 9.18 Å². The number of rotatable bonds is 4. The molecule has 0 aliphatic rings. The summed E-state index contributed by atoms with van der Waals surface area (Å²) in [6, 6.07) is 9.51. The third-order valence-electron chi connectivity index (χ3n) is 3.22. The molecule has 0 fully saturated rings. The maximum Gasteiger partial charge on any atom is 0.227 e. The van der Waals surface area contributed by atoms with Crippen molar-refractivity contribution in [3.63, 3.8) is 0 Å². The van der Waals surface area contributed by atoms with Crippen molar-refractivity contribution >= 4 is 40.7 Å². The van der Waals surface area contributed by atoms with Crippen LogP contribution < -0.4 is 0 Å². The number of halogens is 4. The van der Waals surface area contributed by atoms with Gasteiger partial charge in [-0.3, -0.25) is 4.79 Å². The van der Waals surface area contributed by atoms with Crippen molar-refractivity contribution in [3.05, 3.63) is 68.4 Å². The molecule has 2 aromatic rings. The van der Waals surface area contributed by atoms with Crippen LogP contribution in [-0.4, -0.2) is 17.9 Å². The zero-order valence-electron chi connectivity index (χ0n) is 11.7. The van der Waals surface area contributed by atoms with Crippen molar-refractivity contribution in [2.45, 2.75) is 13.0 Å². The van der Waals surface area contributed by atoms with E-state index in [0.29, 0.717) is 16.6 Å². The number of hydrogen-bond donors (Lipinski definition) is 0. The molecule has 0 saturated heterocycles. The van der Waals surface area contributed by atoms with Crippen LogP contribution in [0.5, 0.6) is 0 Å². The Balaban J connectivity index is 2.07. The lowest BCUT2D eigenvalue weighted by atomic mass is 10.1. The lowest BCUT2D eigenvalue weighted by molar-refractivity contribution is -0.129. The Kier molecular flexibility index (Phi) is 5.68. The van der Waals surface area contributed by atoms with E-state index in [1.807, 2.05) is 0 Å². The molecule has 0 bridgehead atoms. The number of likely N-dealkylation sites (N-methyl/N-ethyl adjacent to an activating group) is 1. The van der Waals surface area contributed by atoms with Crippen LogP contribution in [0.25, 0.3) is 0 Å². The number of hydrogen-bond acceptors (Lipinski definition) is 1. The van der Waals surface area contributed by atoms with Crippen molar-refractivity contribution in [1.82, 2.24) is 4.90 Å². The summed E-state index contributed by atoms with van der Waals surface area (Å²) in [4.78, 5) is 13.7. The maximum atomic E-state index is 13.7. The lowest BCUT2D eigenvalue weighted by Gasteiger charge is -2.18. The molecule has 0 heterocycles. The second-order valence-corrected chi connectivity index (χ2v) is 6.10. The summed E-state index contributed by atoms with van der Waals surface area (Å²) in [5.41, 5.74) is 1.04. The number of amides is 1. The minimum Gasteiger partial charge on any atom is -0.341 e. The highest BCUT2D eigenvalue weighted by Crippen LogP contribution is 2.24. The van der Waals surface area contributed by atoms with Gasteiger partial charge in [0.25, 0.3) is 0 Å². The van der Waals surface area contributed by atoms with Gasteiger partial charge >= 0.3 is 0 Å². The van der Waals surface area contributed by atoms with E-state index in [1.54, 1.807) is 31.3 Å². The van der Waals surface area contributed by atoms with E-state index in [2.05, 4.69) is 0 Å². The topological polar surface area (TPSA) is 20.3 Å². The van der Waals surface area contributed by atoms with E-state index in [0.717, 1.165) is 5.56 Å². The summed E-state index contributed by atoms with van der Waals surface area (Å²) >= 11 is 17.7. The molecular formula is C16H13Cl3FNO. The predicted octanol–water partition coefficient (Wildman–Crippen LogP) is 4.99. The van der Waals surface area contributed by atoms with Crippen molar-refractivity contribution in [2.75, 3.05) is 7.05 Å². The number of benzene rings is 2. The Labute approximate surface area is 143 Å². The summed E-state index contributed by atoms with van der Waals surface area (Å²) in [6.45, 7) is 0.349. The highest BCUT2D eigenvalue weighted by molar-refractivity contribution is 6.42. The first-order valence-corrected chi connectivity index (χ1v) is 7.62. The van der Waals surface area contributed by atoms with Crippen LogP contribution in [0.2, 0.25) is 15.1 Å². The molecule has 0 aliphatic carbocycles. The first-order valence-electron chi connectivity index (χ1n) is 6.49. The first-order chi connectivity index (χ1) is 10.4. The summed E-state index contributed by atoms with van der Waals surface area (Å²) in [5.74, 6) is -0.721. The lowest BCUT2D eigenvalue weighted by Crippen LogP contribution is -2.28. The van der Waals surface area contributed by atoms with E-state index in [-0.39, 0.29) is 22.9 Å². The van der Waals surface area contributed by atoms with Crippen molar-refractivity contribution in [3.8, 4) is 0 Å². The van der Waals surface area contributed by atoms with Gasteiger partial charge in [-0.1, -0.05) is 46.9 Å². The molecule has 2 nitrogen and oxygen atoms in total. The minimum atomic E-state index is -0.483. The zero-order chi connectivity index (χ0) is 16.3. The van der Waals surface area contributed by atoms with Crippen LogP contribution >= 0.6 is 34.8 Å². The van der Waals surface area contributed by atoms with Gasteiger partial charge in [0.05, 0.1) is 16.5 Å². The summed E-state index contributed by atoms with van der Waals surface area (Å²) in [6.07, 6.45) is -0.0939. The standard InChI is InChI=1S/C16H13Cl3FNO/c1-21(9-10-5-6-13(18)14(19)7-10)16(22)8-11-12(17)3-2-4-15(11)20/h2-7H,8-9H2,1H3. The second-order valence-electron chi connectivity index (χ2n) is 4.88. The Bertz CT molecular complexity index is 686. The van der Waals surface area contributed by atoms with Crippen LogP contribution in [0.4, 0.5) is 4.39 Å². The van der Waals surface area contributed by atoms with Gasteiger partial charge in [-0.25, -0.2) is 4.39 Å². The maximum absolute atomic E-state index is 13.7. The van der Waals surface area contributed by atoms with Gasteiger partial charge < -0.3 is 4.90 Å². The average molecular weight is 361 g/mol. The predicted molar refractivity (Wildman–Crippen MR) is 88.1 cm³/mol. The van der Waals surface area contributed by atoms with Gasteiger partial charge in [0.2, 0.25) is 5.91 Å². The van der Waals surface area contributed by atoms with Crippen LogP contribution in [-0.2, 0) is 17.8 Å². The van der Waals surface area contributed by atoms with E-state index in [1.165, 1.54) is 17.0 Å². The largest absolute Gasteiger partial charge is 0.341 e. The molecule has 0 aromatic heterocycles. The Morgan fingerprint density at radius 1 is 1.09 bits per heavy atom. The molecule has 0 aliphatic heterocycles. The van der Waals surface area contributed by atoms with Crippen LogP contribution in [0.3, 0.4) is 0 Å². The molecule has 0 N–H and O–H groups in total. The fourth-order valence-electron chi connectivity index (χ4n) is 1.99. The molecule has 0 atom stereocenters. The SMILES string of the molecule is CN(Cc1ccc(Cl)c(Cl)c1)C(=O)Cc1c(F)cccc1Cl. The zero-order valence-corrected chi connectivity index (χ0v) is 14.0. The molecule has 116 valence electrons. The summed E-state index contributed by atoms with van der Waals surface area (Å²) in [7, 11) is 1.64. The Hall–Kier alpha value is -1.29. The molecule has 22 heavy (non-hydrogen) atoms. The van der Waals surface area contributed by atoms with E-state index < -0.39 is 5.82 Å². The van der Waals surface area contributed by atoms with Crippen molar-refractivity contribution in [1.29, 1.82) is 0 Å². The number of carbonyl (C=O) groups excluding carboxylic acids is 1. The highest BCUT2D eigenvalue weighted by Gasteiger charge is 2.15. The summed E-state index contributed by atoms with van der Waals surface area (Å²) in [5, 5.41) is 1.13. The van der Waals surface area contributed by atoms with Crippen LogP contribution in [0.15, 0.2) is 36.4 Å². The van der Waals surface area contributed by atoms with Gasteiger partial charge in [-0.15, -0.1) is 0 Å². The third-order valence-corrected chi connectivity index (χ3v) is 4.31. The van der Waals surface area contributed by atoms with E-state index in [9.17, 15) is 9.18 Å². The fraction of sp³-hybridized carbons (Fsp3) is 0.188. The molecule has 2 aromatic carbocycles. The van der Waals surface area contributed by atoms with E-state index >= 15 is 0 Å². The molecule has 0 spiro atoms. The summed E-state index contributed by atoms with van der Waals surface area (Å²) < 4.78 is 13.7. The van der Waals surface area contributed by atoms with Gasteiger partial charge in [0, 0.05) is 24.2 Å². The molecule has 0 radical (unpaired) electrons. The van der Waals surface area contributed by atoms with Gasteiger partial charge in [0.15, 0.2) is 0 Å². The van der Waals surface area contributed by atoms with E-state index in [4.69, 9.17) is 34.8 Å². The third kappa shape index (κ3) is 4.13. The molecule has 0 unspecified atom stereocenters. The highest BCUT2D eigenvalue weighted by atomic mass is 35.5. The average Bonchev–Trinajstić information content (AvgIpc) is 2.46. The molecular weight excluding hydrogens is 348 g/mol. The smallest absolute Gasteiger partial charge is 0.227 e. The first kappa shape index (κ1) is 17.1. The Morgan fingerprint density at radius 3 is 2.45 bits per heavy atom. The number of nitrogens with zero attached hydrogens (tertiary/aromatic N) is 1. The number of carbonyl (C=O) groups is 1. The van der Waals surface area contributed by atoms with Crippen LogP contribution in [0, 0.1) is 5.82 Å². The van der Waals surface area contributed by atoms with Crippen LogP contribution in [0.1, 0.15) is 11.1 Å². The van der Waals surface area contributed by atoms with Gasteiger partial charge in [0.1, 0.15) is 5.82 Å². The normalized spacial score (nSPS) is 10.6. The molecule has 1 amide bonds. The second kappa shape index (κ2) is 7.32. The monoisotopic (exact) mass is 359 g/mol. The quantitative estimate of drug-likeness (QED) is 0.752. The van der Waals surface area contributed by atoms with Gasteiger partial charge in [-0.05, 0) is 29.8 Å².